The van der Waals surface area contributed by atoms with Gasteiger partial charge in [-0.1, -0.05) is 0 Å². The maximum absolute atomic E-state index is 12.5. The first kappa shape index (κ1) is 18.7. The second-order valence-electron chi connectivity index (χ2n) is 6.82. The van der Waals surface area contributed by atoms with Crippen LogP contribution in [0.3, 0.4) is 0 Å². The second-order valence-corrected chi connectivity index (χ2v) is 6.82. The van der Waals surface area contributed by atoms with Crippen LogP contribution < -0.4 is 21.9 Å². The van der Waals surface area contributed by atoms with Gasteiger partial charge in [-0.15, -0.1) is 0 Å². The van der Waals surface area contributed by atoms with Crippen LogP contribution in [-0.4, -0.2) is 47.0 Å². The topological polar surface area (TPSA) is 116 Å². The lowest BCUT2D eigenvalue weighted by molar-refractivity contribution is 0.0736. The van der Waals surface area contributed by atoms with Gasteiger partial charge in [0.1, 0.15) is 5.65 Å². The van der Waals surface area contributed by atoms with Crippen molar-refractivity contribution in [3.8, 4) is 0 Å². The van der Waals surface area contributed by atoms with E-state index in [1.807, 2.05) is 23.1 Å². The summed E-state index contributed by atoms with van der Waals surface area (Å²) in [7, 11) is 0. The first-order valence-electron chi connectivity index (χ1n) is 9.42. The summed E-state index contributed by atoms with van der Waals surface area (Å²) in [6, 6.07) is 12.6. The van der Waals surface area contributed by atoms with Crippen LogP contribution in [0.4, 0.5) is 5.69 Å². The number of aromatic nitrogens is 2. The Morgan fingerprint density at radius 1 is 1.17 bits per heavy atom. The van der Waals surface area contributed by atoms with Crippen LogP contribution in [0.2, 0.25) is 0 Å². The van der Waals surface area contributed by atoms with Crippen molar-refractivity contribution >= 4 is 28.3 Å². The fraction of sp³-hybridized carbons (Fsp3) is 0.190. The molecule has 0 atom stereocenters. The summed E-state index contributed by atoms with van der Waals surface area (Å²) in [5, 5.41) is 7.11. The van der Waals surface area contributed by atoms with Gasteiger partial charge in [-0.2, -0.15) is 0 Å². The Kier molecular flexibility index (Phi) is 5.26. The van der Waals surface area contributed by atoms with Crippen LogP contribution in [0, 0.1) is 0 Å². The Hall–Kier alpha value is -3.65. The molecule has 0 radical (unpaired) electrons. The number of aromatic amines is 1. The van der Waals surface area contributed by atoms with E-state index < -0.39 is 0 Å². The zero-order valence-electron chi connectivity index (χ0n) is 15.8. The van der Waals surface area contributed by atoms with Crippen molar-refractivity contribution in [1.29, 1.82) is 0 Å². The van der Waals surface area contributed by atoms with Gasteiger partial charge in [0, 0.05) is 55.2 Å². The molecule has 0 bridgehead atoms. The van der Waals surface area contributed by atoms with Crippen LogP contribution in [0.1, 0.15) is 15.9 Å². The minimum atomic E-state index is -0.302. The quantitative estimate of drug-likeness (QED) is 0.534. The molecule has 0 aliphatic carbocycles. The number of carbonyl (C=O) groups excluding carboxylic acids is 1. The number of nitrogens with two attached hydrogens (primary N) is 1. The highest BCUT2D eigenvalue weighted by Gasteiger charge is 2.17. The summed E-state index contributed by atoms with van der Waals surface area (Å²) < 4.78 is 0. The molecule has 5 N–H and O–H groups in total. The third kappa shape index (κ3) is 4.12. The highest BCUT2D eigenvalue weighted by atomic mass is 16.2. The predicted molar refractivity (Wildman–Crippen MR) is 113 cm³/mol. The number of pyridine rings is 2. The fourth-order valence-corrected chi connectivity index (χ4v) is 3.25. The number of fused-ring (bicyclic) bond motifs is 1. The normalized spacial score (nSPS) is 14.8. The number of hydrogen-bond donors (Lipinski definition) is 4. The van der Waals surface area contributed by atoms with Crippen LogP contribution in [0.25, 0.3) is 16.7 Å². The highest BCUT2D eigenvalue weighted by molar-refractivity contribution is 5.94. The van der Waals surface area contributed by atoms with Gasteiger partial charge in [-0.05, 0) is 42.5 Å². The van der Waals surface area contributed by atoms with Gasteiger partial charge < -0.3 is 26.3 Å². The van der Waals surface area contributed by atoms with Crippen molar-refractivity contribution in [2.24, 2.45) is 5.73 Å². The lowest BCUT2D eigenvalue weighted by atomic mass is 10.1. The van der Waals surface area contributed by atoms with E-state index in [0.717, 1.165) is 24.2 Å². The number of H-pyrrole nitrogens is 1. The summed E-state index contributed by atoms with van der Waals surface area (Å²) in [6.45, 7) is 3.07. The van der Waals surface area contributed by atoms with E-state index in [1.165, 1.54) is 0 Å². The molecule has 0 unspecified atom stereocenters. The van der Waals surface area contributed by atoms with E-state index in [1.54, 1.807) is 36.7 Å². The van der Waals surface area contributed by atoms with E-state index in [2.05, 4.69) is 20.6 Å². The number of rotatable bonds is 4. The maximum atomic E-state index is 12.5. The van der Waals surface area contributed by atoms with Crippen LogP contribution in [-0.2, 0) is 0 Å². The standard InChI is InChI=1S/C21H22N6O2/c22-18(17-12-15-2-1-7-24-19(15)26-20(17)28)13-25-16-5-3-14(4-6-16)21(29)27-10-8-23-9-11-27/h1-7,12-13,23,25H,8-11,22H2,(H,24,26,28)/b18-13-. The van der Waals surface area contributed by atoms with Crippen LogP contribution in [0.15, 0.2) is 59.7 Å². The first-order chi connectivity index (χ1) is 14.1. The largest absolute Gasteiger partial charge is 0.397 e. The van der Waals surface area contributed by atoms with E-state index >= 15 is 0 Å². The second kappa shape index (κ2) is 8.15. The third-order valence-electron chi connectivity index (χ3n) is 4.86. The Morgan fingerprint density at radius 3 is 2.69 bits per heavy atom. The summed E-state index contributed by atoms with van der Waals surface area (Å²) in [6.07, 6.45) is 3.19. The first-order valence-corrected chi connectivity index (χ1v) is 9.42. The lowest BCUT2D eigenvalue weighted by Gasteiger charge is -2.27. The zero-order chi connectivity index (χ0) is 20.2. The van der Waals surface area contributed by atoms with Gasteiger partial charge in [-0.3, -0.25) is 9.59 Å². The molecule has 4 rings (SSSR count). The molecule has 1 aliphatic heterocycles. The smallest absolute Gasteiger partial charge is 0.259 e. The van der Waals surface area contributed by atoms with Gasteiger partial charge in [0.25, 0.3) is 11.5 Å². The Balaban J connectivity index is 1.48. The van der Waals surface area contributed by atoms with Gasteiger partial charge in [0.15, 0.2) is 0 Å². The van der Waals surface area contributed by atoms with Crippen molar-refractivity contribution in [1.82, 2.24) is 20.2 Å². The van der Waals surface area contributed by atoms with Crippen LogP contribution >= 0.6 is 0 Å². The molecule has 8 nitrogen and oxygen atoms in total. The molecule has 1 aliphatic rings. The molecule has 1 saturated heterocycles. The molecule has 1 aromatic carbocycles. The monoisotopic (exact) mass is 390 g/mol. The molecule has 8 heteroatoms. The summed E-state index contributed by atoms with van der Waals surface area (Å²) in [5.74, 6) is 0.0319. The lowest BCUT2D eigenvalue weighted by Crippen LogP contribution is -2.46. The molecule has 3 aromatic rings. The van der Waals surface area contributed by atoms with E-state index in [-0.39, 0.29) is 11.5 Å². The predicted octanol–water partition coefficient (Wildman–Crippen LogP) is 1.34. The molecule has 3 heterocycles. The molecule has 1 fully saturated rings. The van der Waals surface area contributed by atoms with Crippen molar-refractivity contribution in [2.45, 2.75) is 0 Å². The average molecular weight is 390 g/mol. The fourth-order valence-electron chi connectivity index (χ4n) is 3.25. The number of nitrogens with one attached hydrogen (secondary N) is 3. The van der Waals surface area contributed by atoms with Crippen molar-refractivity contribution in [3.63, 3.8) is 0 Å². The van der Waals surface area contributed by atoms with Crippen molar-refractivity contribution in [3.05, 3.63) is 76.3 Å². The number of hydrogen-bond acceptors (Lipinski definition) is 6. The van der Waals surface area contributed by atoms with E-state index in [9.17, 15) is 9.59 Å². The average Bonchev–Trinajstić information content (AvgIpc) is 2.77. The Morgan fingerprint density at radius 2 is 1.93 bits per heavy atom. The van der Waals surface area contributed by atoms with Crippen LogP contribution in [0.5, 0.6) is 0 Å². The SMILES string of the molecule is N/C(=C\Nc1ccc(C(=O)N2CCNCC2)cc1)c1cc2cccnc2[nH]c1=O. The van der Waals surface area contributed by atoms with Gasteiger partial charge in [-0.25, -0.2) is 4.98 Å². The third-order valence-corrected chi connectivity index (χ3v) is 4.86. The minimum Gasteiger partial charge on any atom is -0.397 e. The number of anilines is 1. The molecule has 1 amide bonds. The van der Waals surface area contributed by atoms with Gasteiger partial charge in [0.2, 0.25) is 0 Å². The summed E-state index contributed by atoms with van der Waals surface area (Å²) in [5.41, 5.74) is 8.40. The number of carbonyl (C=O) groups is 1. The molecule has 148 valence electrons. The minimum absolute atomic E-state index is 0.0319. The Labute approximate surface area is 167 Å². The number of benzene rings is 1. The summed E-state index contributed by atoms with van der Waals surface area (Å²) in [4.78, 5) is 33.5. The maximum Gasteiger partial charge on any atom is 0.259 e. The van der Waals surface area contributed by atoms with Gasteiger partial charge in [0.05, 0.1) is 11.3 Å². The molecular formula is C21H22N6O2. The van der Waals surface area contributed by atoms with Crippen molar-refractivity contribution in [2.75, 3.05) is 31.5 Å². The number of amides is 1. The molecular weight excluding hydrogens is 368 g/mol. The molecule has 29 heavy (non-hydrogen) atoms. The molecule has 0 saturated carbocycles. The number of nitrogens with zero attached hydrogens (tertiary/aromatic N) is 2. The van der Waals surface area contributed by atoms with E-state index in [0.29, 0.717) is 35.6 Å². The summed E-state index contributed by atoms with van der Waals surface area (Å²) >= 11 is 0. The highest BCUT2D eigenvalue weighted by Crippen LogP contribution is 2.15. The van der Waals surface area contributed by atoms with Crippen molar-refractivity contribution < 1.29 is 4.79 Å². The van der Waals surface area contributed by atoms with E-state index in [4.69, 9.17) is 5.73 Å². The number of piperazine rings is 1. The molecule has 0 spiro atoms. The van der Waals surface area contributed by atoms with Gasteiger partial charge >= 0.3 is 0 Å². The molecule has 2 aromatic heterocycles. The Bertz CT molecular complexity index is 1110. The zero-order valence-corrected chi connectivity index (χ0v) is 15.8.